The second-order valence-electron chi connectivity index (χ2n) is 5.97. The molecule has 0 spiro atoms. The molecule has 2 aromatic carbocycles. The van der Waals surface area contributed by atoms with Gasteiger partial charge in [0.1, 0.15) is 23.8 Å². The summed E-state index contributed by atoms with van der Waals surface area (Å²) in [7, 11) is 1.24. The van der Waals surface area contributed by atoms with Crippen LogP contribution < -0.4 is 10.1 Å². The van der Waals surface area contributed by atoms with Crippen LogP contribution in [0, 0.1) is 29.1 Å². The molecule has 0 unspecified atom stereocenters. The van der Waals surface area contributed by atoms with Crippen molar-refractivity contribution in [1.29, 1.82) is 0 Å². The molecule has 31 heavy (non-hydrogen) atoms. The third-order valence-electron chi connectivity index (χ3n) is 3.99. The molecule has 3 rings (SSSR count). The molecule has 3 aromatic rings. The van der Waals surface area contributed by atoms with E-state index >= 15 is 0 Å². The topological polar surface area (TPSA) is 77.8 Å². The number of rotatable bonds is 6. The molecule has 0 saturated carbocycles. The van der Waals surface area contributed by atoms with Crippen LogP contribution in [-0.2, 0) is 11.3 Å². The van der Waals surface area contributed by atoms with Crippen molar-refractivity contribution in [3.8, 4) is 5.75 Å². The van der Waals surface area contributed by atoms with Gasteiger partial charge in [-0.3, -0.25) is 4.79 Å². The summed E-state index contributed by atoms with van der Waals surface area (Å²) in [5.74, 6) is -12.8. The Balaban J connectivity index is 1.67. The van der Waals surface area contributed by atoms with E-state index in [-0.39, 0.29) is 12.4 Å². The molecule has 162 valence electrons. The minimum Gasteiger partial charge on any atom is -0.486 e. The molecule has 0 aliphatic heterocycles. The van der Waals surface area contributed by atoms with Gasteiger partial charge in [0.25, 0.3) is 5.91 Å². The van der Waals surface area contributed by atoms with Crippen molar-refractivity contribution < 1.29 is 45.4 Å². The number of nitrogens with one attached hydrogen (secondary N) is 1. The van der Waals surface area contributed by atoms with Crippen LogP contribution in [0.2, 0.25) is 0 Å². The Morgan fingerprint density at radius 3 is 2.03 bits per heavy atom. The highest BCUT2D eigenvalue weighted by Gasteiger charge is 2.27. The zero-order chi connectivity index (χ0) is 22.7. The lowest BCUT2D eigenvalue weighted by atomic mass is 10.2. The van der Waals surface area contributed by atoms with Crippen LogP contribution in [0.1, 0.15) is 26.7 Å². The zero-order valence-corrected chi connectivity index (χ0v) is 15.6. The van der Waals surface area contributed by atoms with Crippen LogP contribution in [0.25, 0.3) is 0 Å². The first kappa shape index (κ1) is 21.8. The number of anilines is 1. The Kier molecular flexibility index (Phi) is 6.23. The number of esters is 1. The van der Waals surface area contributed by atoms with Gasteiger partial charge in [0.15, 0.2) is 29.0 Å². The number of carbonyl (C=O) groups excluding carboxylic acids is 2. The Morgan fingerprint density at radius 2 is 1.45 bits per heavy atom. The maximum Gasteiger partial charge on any atom is 0.337 e. The van der Waals surface area contributed by atoms with Gasteiger partial charge in [-0.15, -0.1) is 0 Å². The normalized spacial score (nSPS) is 10.6. The Morgan fingerprint density at radius 1 is 0.871 bits per heavy atom. The summed E-state index contributed by atoms with van der Waals surface area (Å²) >= 11 is 0. The average molecular weight is 441 g/mol. The van der Waals surface area contributed by atoms with Crippen LogP contribution in [-0.4, -0.2) is 19.0 Å². The summed E-state index contributed by atoms with van der Waals surface area (Å²) < 4.78 is 82.0. The van der Waals surface area contributed by atoms with Gasteiger partial charge >= 0.3 is 5.97 Å². The van der Waals surface area contributed by atoms with E-state index in [1.54, 1.807) is 5.32 Å². The highest BCUT2D eigenvalue weighted by atomic mass is 19.2. The van der Waals surface area contributed by atoms with Crippen molar-refractivity contribution in [1.82, 2.24) is 0 Å². The molecule has 6 nitrogen and oxygen atoms in total. The van der Waals surface area contributed by atoms with Crippen molar-refractivity contribution in [3.63, 3.8) is 0 Å². The van der Waals surface area contributed by atoms with Gasteiger partial charge in [0.2, 0.25) is 5.82 Å². The summed E-state index contributed by atoms with van der Waals surface area (Å²) in [6, 6.07) is 8.35. The summed E-state index contributed by atoms with van der Waals surface area (Å²) in [5.41, 5.74) is -1.19. The van der Waals surface area contributed by atoms with Crippen LogP contribution in [0.15, 0.2) is 40.8 Å². The lowest BCUT2D eigenvalue weighted by Gasteiger charge is -2.08. The van der Waals surface area contributed by atoms with Crippen LogP contribution in [0.4, 0.5) is 27.6 Å². The number of ether oxygens (including phenoxy) is 2. The SMILES string of the molecule is COC(=O)c1ccc(OCc2ccc(C(=O)Nc3c(F)c(F)c(F)c(F)c3F)o2)cc1. The molecule has 0 radical (unpaired) electrons. The highest BCUT2D eigenvalue weighted by Crippen LogP contribution is 2.27. The lowest BCUT2D eigenvalue weighted by molar-refractivity contribution is 0.0600. The van der Waals surface area contributed by atoms with Crippen molar-refractivity contribution >= 4 is 17.6 Å². The lowest BCUT2D eigenvalue weighted by Crippen LogP contribution is -2.16. The molecule has 11 heteroatoms. The molecule has 0 saturated heterocycles. The second-order valence-corrected chi connectivity index (χ2v) is 5.97. The van der Waals surface area contributed by atoms with Gasteiger partial charge in [-0.2, -0.15) is 0 Å². The Hall–Kier alpha value is -3.89. The molecule has 0 fully saturated rings. The number of amides is 1. The molecule has 1 aromatic heterocycles. The van der Waals surface area contributed by atoms with Crippen LogP contribution in [0.3, 0.4) is 0 Å². The second kappa shape index (κ2) is 8.86. The molecule has 0 aliphatic carbocycles. The maximum atomic E-state index is 13.7. The summed E-state index contributed by atoms with van der Waals surface area (Å²) in [6.07, 6.45) is 0. The van der Waals surface area contributed by atoms with E-state index in [0.29, 0.717) is 11.3 Å². The van der Waals surface area contributed by atoms with Gasteiger partial charge in [0.05, 0.1) is 12.7 Å². The number of benzene rings is 2. The summed E-state index contributed by atoms with van der Waals surface area (Å²) in [5, 5.41) is 1.60. The number of furan rings is 1. The number of hydrogen-bond donors (Lipinski definition) is 1. The minimum atomic E-state index is -2.34. The van der Waals surface area contributed by atoms with Crippen molar-refractivity contribution in [2.45, 2.75) is 6.61 Å². The summed E-state index contributed by atoms with van der Waals surface area (Å²) in [6.45, 7) is -0.159. The monoisotopic (exact) mass is 441 g/mol. The van der Waals surface area contributed by atoms with Gasteiger partial charge in [-0.1, -0.05) is 0 Å². The van der Waals surface area contributed by atoms with E-state index in [0.717, 1.165) is 6.07 Å². The van der Waals surface area contributed by atoms with E-state index in [4.69, 9.17) is 9.15 Å². The first-order valence-corrected chi connectivity index (χ1v) is 8.45. The largest absolute Gasteiger partial charge is 0.486 e. The molecule has 1 heterocycles. The zero-order valence-electron chi connectivity index (χ0n) is 15.6. The van der Waals surface area contributed by atoms with Crippen molar-refractivity contribution in [3.05, 3.63) is 82.6 Å². The Bertz CT molecular complexity index is 1110. The van der Waals surface area contributed by atoms with E-state index in [1.165, 1.54) is 37.4 Å². The third kappa shape index (κ3) is 4.49. The van der Waals surface area contributed by atoms with Crippen molar-refractivity contribution in [2.24, 2.45) is 0 Å². The van der Waals surface area contributed by atoms with Gasteiger partial charge in [-0.25, -0.2) is 26.7 Å². The number of carbonyl (C=O) groups is 2. The predicted molar refractivity (Wildman–Crippen MR) is 95.0 cm³/mol. The number of hydrogen-bond acceptors (Lipinski definition) is 5. The minimum absolute atomic E-state index is 0.125. The average Bonchev–Trinajstić information content (AvgIpc) is 3.27. The standard InChI is InChI=1S/C20H12F5NO5/c1-29-20(28)9-2-4-10(5-3-9)30-8-11-6-7-12(31-11)19(27)26-18-16(24)14(22)13(21)15(23)17(18)25/h2-7H,8H2,1H3,(H,26,27). The van der Waals surface area contributed by atoms with E-state index < -0.39 is 52.4 Å². The molecular weight excluding hydrogens is 429 g/mol. The van der Waals surface area contributed by atoms with Gasteiger partial charge < -0.3 is 19.2 Å². The number of halogens is 5. The first-order valence-electron chi connectivity index (χ1n) is 8.45. The molecule has 1 N–H and O–H groups in total. The predicted octanol–water partition coefficient (Wildman–Crippen LogP) is 4.59. The maximum absolute atomic E-state index is 13.7. The quantitative estimate of drug-likeness (QED) is 0.262. The van der Waals surface area contributed by atoms with Gasteiger partial charge in [0, 0.05) is 0 Å². The molecule has 0 bridgehead atoms. The summed E-state index contributed by atoms with van der Waals surface area (Å²) in [4.78, 5) is 23.5. The first-order chi connectivity index (χ1) is 14.7. The van der Waals surface area contributed by atoms with Crippen LogP contribution >= 0.6 is 0 Å². The fraction of sp³-hybridized carbons (Fsp3) is 0.100. The molecule has 0 aliphatic rings. The highest BCUT2D eigenvalue weighted by molar-refractivity contribution is 6.02. The van der Waals surface area contributed by atoms with E-state index in [2.05, 4.69) is 4.74 Å². The fourth-order valence-corrected chi connectivity index (χ4v) is 2.43. The third-order valence-corrected chi connectivity index (χ3v) is 3.99. The smallest absolute Gasteiger partial charge is 0.337 e. The van der Waals surface area contributed by atoms with E-state index in [1.807, 2.05) is 0 Å². The molecule has 0 atom stereocenters. The number of methoxy groups -OCH3 is 1. The van der Waals surface area contributed by atoms with Crippen LogP contribution in [0.5, 0.6) is 5.75 Å². The Labute approximate surface area is 171 Å². The van der Waals surface area contributed by atoms with Gasteiger partial charge in [-0.05, 0) is 36.4 Å². The molecule has 1 amide bonds. The molecular formula is C20H12F5NO5. The van der Waals surface area contributed by atoms with Crippen molar-refractivity contribution in [2.75, 3.05) is 12.4 Å². The fourth-order valence-electron chi connectivity index (χ4n) is 2.43. The van der Waals surface area contributed by atoms with E-state index in [9.17, 15) is 31.5 Å².